The molecule has 1 atom stereocenters. The van der Waals surface area contributed by atoms with E-state index in [1.54, 1.807) is 24.3 Å². The van der Waals surface area contributed by atoms with Crippen LogP contribution < -0.4 is 4.90 Å². The number of fused-ring (bicyclic) bond motifs is 3. The van der Waals surface area contributed by atoms with Gasteiger partial charge in [0.1, 0.15) is 12.4 Å². The Balaban J connectivity index is 1.74. The first-order valence-corrected chi connectivity index (χ1v) is 10.0. The fraction of sp³-hybridized carbons (Fsp3) is 0.348. The van der Waals surface area contributed by atoms with E-state index in [-0.39, 0.29) is 43.0 Å². The molecule has 2 amide bonds. The van der Waals surface area contributed by atoms with Gasteiger partial charge in [-0.2, -0.15) is 0 Å². The van der Waals surface area contributed by atoms with Crippen LogP contribution in [0.25, 0.3) is 0 Å². The Labute approximate surface area is 174 Å². The molecule has 1 saturated heterocycles. The van der Waals surface area contributed by atoms with E-state index >= 15 is 0 Å². The third kappa shape index (κ3) is 3.14. The van der Waals surface area contributed by atoms with Gasteiger partial charge in [-0.1, -0.05) is 38.1 Å². The molecule has 0 spiro atoms. The van der Waals surface area contributed by atoms with E-state index in [0.717, 1.165) is 0 Å². The van der Waals surface area contributed by atoms with Crippen molar-refractivity contribution in [1.29, 1.82) is 0 Å². The molecule has 0 bridgehead atoms. The van der Waals surface area contributed by atoms with E-state index in [2.05, 4.69) is 0 Å². The van der Waals surface area contributed by atoms with Gasteiger partial charge in [0.05, 0.1) is 11.3 Å². The molecule has 2 heterocycles. The maximum absolute atomic E-state index is 13.5. The van der Waals surface area contributed by atoms with Crippen molar-refractivity contribution in [2.24, 2.45) is 5.92 Å². The molecule has 30 heavy (non-hydrogen) atoms. The van der Waals surface area contributed by atoms with Gasteiger partial charge in [-0.3, -0.25) is 14.5 Å². The molecule has 2 aromatic carbocycles. The molecule has 1 unspecified atom stereocenters. The Morgan fingerprint density at radius 1 is 1.13 bits per heavy atom. The highest BCUT2D eigenvalue weighted by Gasteiger charge is 2.61. The quantitative estimate of drug-likeness (QED) is 0.708. The van der Waals surface area contributed by atoms with Crippen LogP contribution >= 0.6 is 0 Å². The number of esters is 1. The Kier molecular flexibility index (Phi) is 5.05. The number of rotatable bonds is 5. The summed E-state index contributed by atoms with van der Waals surface area (Å²) in [5, 5.41) is 0. The predicted octanol–water partition coefficient (Wildman–Crippen LogP) is 3.50. The summed E-state index contributed by atoms with van der Waals surface area (Å²) in [6, 6.07) is 12.5. The van der Waals surface area contributed by atoms with Crippen LogP contribution in [0.15, 0.2) is 48.5 Å². The second-order valence-electron chi connectivity index (χ2n) is 8.08. The van der Waals surface area contributed by atoms with Crippen molar-refractivity contribution < 1.29 is 23.5 Å². The summed E-state index contributed by atoms with van der Waals surface area (Å²) in [5.74, 6) is -1.46. The number of carbonyl (C=O) groups is 3. The fourth-order valence-electron chi connectivity index (χ4n) is 4.21. The Bertz CT molecular complexity index is 1000. The van der Waals surface area contributed by atoms with Crippen molar-refractivity contribution in [3.8, 4) is 0 Å². The van der Waals surface area contributed by atoms with E-state index < -0.39 is 11.6 Å². The summed E-state index contributed by atoms with van der Waals surface area (Å²) in [5.41, 5.74) is -0.0543. The second-order valence-corrected chi connectivity index (χ2v) is 8.08. The third-order valence-electron chi connectivity index (χ3n) is 5.53. The molecule has 156 valence electrons. The summed E-state index contributed by atoms with van der Waals surface area (Å²) in [4.78, 5) is 42.6. The topological polar surface area (TPSA) is 66.9 Å². The van der Waals surface area contributed by atoms with Crippen molar-refractivity contribution >= 4 is 23.5 Å². The maximum atomic E-state index is 13.5. The van der Waals surface area contributed by atoms with Gasteiger partial charge in [-0.05, 0) is 35.7 Å². The van der Waals surface area contributed by atoms with Crippen molar-refractivity contribution in [3.05, 3.63) is 65.5 Å². The minimum atomic E-state index is -1.51. The van der Waals surface area contributed by atoms with Crippen LogP contribution in [0.3, 0.4) is 0 Å². The average Bonchev–Trinajstić information content (AvgIpc) is 3.08. The molecule has 1 fully saturated rings. The van der Waals surface area contributed by atoms with Gasteiger partial charge >= 0.3 is 5.97 Å². The van der Waals surface area contributed by atoms with Crippen LogP contribution in [0, 0.1) is 11.7 Å². The summed E-state index contributed by atoms with van der Waals surface area (Å²) in [6.45, 7) is 4.13. The van der Waals surface area contributed by atoms with Gasteiger partial charge in [-0.25, -0.2) is 9.18 Å². The maximum Gasteiger partial charge on any atom is 0.354 e. The van der Waals surface area contributed by atoms with Gasteiger partial charge in [0.2, 0.25) is 11.6 Å². The first-order valence-electron chi connectivity index (χ1n) is 10.0. The van der Waals surface area contributed by atoms with Crippen molar-refractivity contribution in [1.82, 2.24) is 4.90 Å². The van der Waals surface area contributed by atoms with E-state index in [1.165, 1.54) is 34.1 Å². The van der Waals surface area contributed by atoms with E-state index in [1.807, 2.05) is 13.8 Å². The molecule has 7 heteroatoms. The first-order chi connectivity index (χ1) is 14.3. The molecule has 0 saturated carbocycles. The Morgan fingerprint density at radius 2 is 1.83 bits per heavy atom. The van der Waals surface area contributed by atoms with Crippen LogP contribution in [0.4, 0.5) is 10.1 Å². The zero-order valence-corrected chi connectivity index (χ0v) is 16.9. The van der Waals surface area contributed by atoms with Crippen molar-refractivity contribution in [2.75, 3.05) is 11.4 Å². The average molecular weight is 410 g/mol. The van der Waals surface area contributed by atoms with Crippen LogP contribution in [-0.4, -0.2) is 34.9 Å². The zero-order valence-electron chi connectivity index (χ0n) is 16.9. The van der Waals surface area contributed by atoms with Gasteiger partial charge in [0, 0.05) is 19.4 Å². The molecular formula is C23H23FN2O4. The van der Waals surface area contributed by atoms with E-state index in [9.17, 15) is 18.8 Å². The zero-order chi connectivity index (χ0) is 21.5. The van der Waals surface area contributed by atoms with E-state index in [4.69, 9.17) is 4.74 Å². The van der Waals surface area contributed by atoms with Crippen LogP contribution in [0.1, 0.15) is 42.6 Å². The predicted molar refractivity (Wildman–Crippen MR) is 108 cm³/mol. The lowest BCUT2D eigenvalue weighted by molar-refractivity contribution is -0.159. The molecule has 2 aliphatic heterocycles. The number of para-hydroxylation sites is 1. The fourth-order valence-corrected chi connectivity index (χ4v) is 4.21. The summed E-state index contributed by atoms with van der Waals surface area (Å²) in [7, 11) is 0. The summed E-state index contributed by atoms with van der Waals surface area (Å²) >= 11 is 0. The number of halogens is 1. The van der Waals surface area contributed by atoms with Gasteiger partial charge in [-0.15, -0.1) is 0 Å². The number of ether oxygens (including phenoxy) is 1. The third-order valence-corrected chi connectivity index (χ3v) is 5.53. The van der Waals surface area contributed by atoms with Gasteiger partial charge < -0.3 is 9.64 Å². The number of benzene rings is 2. The molecule has 2 aromatic rings. The van der Waals surface area contributed by atoms with Crippen LogP contribution in [0.5, 0.6) is 0 Å². The molecule has 0 N–H and O–H groups in total. The molecule has 0 radical (unpaired) electrons. The van der Waals surface area contributed by atoms with E-state index in [0.29, 0.717) is 23.4 Å². The Morgan fingerprint density at radius 3 is 2.53 bits per heavy atom. The summed E-state index contributed by atoms with van der Waals surface area (Å²) in [6.07, 6.45) is 0.308. The largest absolute Gasteiger partial charge is 0.458 e. The second kappa shape index (κ2) is 7.55. The number of nitrogens with zero attached hydrogens (tertiary/aromatic N) is 2. The molecular weight excluding hydrogens is 387 g/mol. The molecule has 6 nitrogen and oxygen atoms in total. The molecule has 0 aromatic heterocycles. The lowest BCUT2D eigenvalue weighted by Gasteiger charge is -2.48. The standard InChI is InChI=1S/C23H23FN2O4/c1-15(2)13-25-21(28)18-5-3-4-6-19(18)26-20(27)11-12-23(25,26)22(29)30-14-16-7-9-17(24)10-8-16/h3-10,15H,11-14H2,1-2H3. The lowest BCUT2D eigenvalue weighted by Crippen LogP contribution is -2.69. The number of anilines is 1. The number of hydrogen-bond acceptors (Lipinski definition) is 4. The highest BCUT2D eigenvalue weighted by atomic mass is 19.1. The molecule has 0 aliphatic carbocycles. The first kappa shape index (κ1) is 20.1. The van der Waals surface area contributed by atoms with Gasteiger partial charge in [0.15, 0.2) is 0 Å². The van der Waals surface area contributed by atoms with Gasteiger partial charge in [0.25, 0.3) is 5.91 Å². The monoisotopic (exact) mass is 410 g/mol. The lowest BCUT2D eigenvalue weighted by atomic mass is 9.95. The van der Waals surface area contributed by atoms with Crippen LogP contribution in [-0.2, 0) is 20.9 Å². The minimum absolute atomic E-state index is 0.0751. The highest BCUT2D eigenvalue weighted by molar-refractivity contribution is 6.15. The highest BCUT2D eigenvalue weighted by Crippen LogP contribution is 2.45. The molecule has 2 aliphatic rings. The van der Waals surface area contributed by atoms with Crippen LogP contribution in [0.2, 0.25) is 0 Å². The SMILES string of the molecule is CC(C)CN1C(=O)c2ccccc2N2C(=O)CCC12C(=O)OCc1ccc(F)cc1. The smallest absolute Gasteiger partial charge is 0.354 e. The normalized spacial score (nSPS) is 20.4. The molecule has 4 rings (SSSR count). The summed E-state index contributed by atoms with van der Waals surface area (Å²) < 4.78 is 18.7. The number of hydrogen-bond donors (Lipinski definition) is 0. The number of amides is 2. The number of carbonyl (C=O) groups excluding carboxylic acids is 3. The van der Waals surface area contributed by atoms with Crippen molar-refractivity contribution in [3.63, 3.8) is 0 Å². The minimum Gasteiger partial charge on any atom is -0.458 e. The van der Waals surface area contributed by atoms with Crippen molar-refractivity contribution in [2.45, 2.75) is 39.0 Å². The Hall–Kier alpha value is -3.22.